The SMILES string of the molecule is CO[N+](=O)c1c(Nc2cc(C3CC3)[nH]n2)nc(Nc2ccccc2Cl)nc1C(=O)NC(C)C. The van der Waals surface area contributed by atoms with E-state index < -0.39 is 5.91 Å². The van der Waals surface area contributed by atoms with Gasteiger partial charge in [-0.3, -0.25) is 9.89 Å². The molecule has 0 aliphatic heterocycles. The normalized spacial score (nSPS) is 13.0. The number of aromatic nitrogens is 4. The Kier molecular flexibility index (Phi) is 6.40. The average Bonchev–Trinajstić information content (AvgIpc) is 3.53. The number of rotatable bonds is 9. The quantitative estimate of drug-likeness (QED) is 0.338. The Morgan fingerprint density at radius 2 is 2.00 bits per heavy atom. The summed E-state index contributed by atoms with van der Waals surface area (Å²) in [5.74, 6) is 0.439. The molecule has 11 nitrogen and oxygen atoms in total. The largest absolute Gasteiger partial charge is 0.390 e. The van der Waals surface area contributed by atoms with Crippen LogP contribution in [0, 0.1) is 4.91 Å². The third-order valence-corrected chi connectivity index (χ3v) is 5.18. The lowest BCUT2D eigenvalue weighted by Gasteiger charge is -2.12. The molecule has 33 heavy (non-hydrogen) atoms. The lowest BCUT2D eigenvalue weighted by Crippen LogP contribution is -2.32. The standard InChI is InChI=1S/C21H23ClN8O3/c1-11(2)23-20(31)17-18(30(32)33-3)19(25-16-10-15(28-29-16)12-8-9-12)27-21(26-17)24-14-7-5-4-6-13(14)22/h4-7,10-12H,8-9H2,1-3H3,(H3-,23,24,25,26,27,28,29,31,32)/p+1. The van der Waals surface area contributed by atoms with Gasteiger partial charge in [0.2, 0.25) is 17.5 Å². The van der Waals surface area contributed by atoms with E-state index in [1.807, 2.05) is 6.07 Å². The minimum atomic E-state index is -0.564. The van der Waals surface area contributed by atoms with Gasteiger partial charge in [-0.1, -0.05) is 23.7 Å². The summed E-state index contributed by atoms with van der Waals surface area (Å²) in [6.07, 6.45) is 2.20. The van der Waals surface area contributed by atoms with Gasteiger partial charge in [-0.05, 0) is 38.8 Å². The molecule has 0 unspecified atom stereocenters. The van der Waals surface area contributed by atoms with Crippen LogP contribution in [-0.2, 0) is 4.84 Å². The van der Waals surface area contributed by atoms with Crippen LogP contribution in [0.5, 0.6) is 0 Å². The van der Waals surface area contributed by atoms with Crippen molar-refractivity contribution >= 4 is 46.5 Å². The first kappa shape index (κ1) is 22.5. The number of halogens is 1. The average molecular weight is 472 g/mol. The van der Waals surface area contributed by atoms with Gasteiger partial charge in [0.15, 0.2) is 12.9 Å². The number of hydrogen-bond donors (Lipinski definition) is 4. The van der Waals surface area contributed by atoms with Crippen molar-refractivity contribution < 1.29 is 14.6 Å². The van der Waals surface area contributed by atoms with Crippen LogP contribution in [0.4, 0.5) is 29.0 Å². The summed E-state index contributed by atoms with van der Waals surface area (Å²) in [6, 6.07) is 8.69. The molecule has 4 N–H and O–H groups in total. The molecule has 2 heterocycles. The molecule has 1 saturated carbocycles. The van der Waals surface area contributed by atoms with Crippen molar-refractivity contribution in [2.24, 2.45) is 0 Å². The number of benzene rings is 1. The van der Waals surface area contributed by atoms with Gasteiger partial charge in [-0.2, -0.15) is 15.1 Å². The number of anilines is 4. The summed E-state index contributed by atoms with van der Waals surface area (Å²) in [7, 11) is 1.19. The number of aromatic amines is 1. The highest BCUT2D eigenvalue weighted by Crippen LogP contribution is 2.40. The van der Waals surface area contributed by atoms with E-state index in [4.69, 9.17) is 16.4 Å². The molecule has 0 saturated heterocycles. The lowest BCUT2D eigenvalue weighted by molar-refractivity contribution is -0.736. The molecule has 12 heteroatoms. The first-order chi connectivity index (χ1) is 15.9. The summed E-state index contributed by atoms with van der Waals surface area (Å²) < 4.78 is 0. The zero-order valence-corrected chi connectivity index (χ0v) is 19.1. The van der Waals surface area contributed by atoms with Gasteiger partial charge in [0.05, 0.1) is 15.6 Å². The van der Waals surface area contributed by atoms with E-state index >= 15 is 0 Å². The summed E-state index contributed by atoms with van der Waals surface area (Å²) in [5.41, 5.74) is 1.17. The van der Waals surface area contributed by atoms with Gasteiger partial charge in [0, 0.05) is 23.7 Å². The van der Waals surface area contributed by atoms with Gasteiger partial charge in [0.25, 0.3) is 10.8 Å². The predicted octanol–water partition coefficient (Wildman–Crippen LogP) is 4.33. The number of carbonyl (C=O) groups is 1. The highest BCUT2D eigenvalue weighted by Gasteiger charge is 2.35. The molecule has 1 aromatic carbocycles. The molecule has 0 spiro atoms. The molecule has 1 aliphatic rings. The molecule has 0 bridgehead atoms. The van der Waals surface area contributed by atoms with Crippen LogP contribution in [0.15, 0.2) is 30.3 Å². The fourth-order valence-corrected chi connectivity index (χ4v) is 3.34. The van der Waals surface area contributed by atoms with Gasteiger partial charge in [0.1, 0.15) is 0 Å². The minimum absolute atomic E-state index is 0.0409. The summed E-state index contributed by atoms with van der Waals surface area (Å²) in [4.78, 5) is 39.3. The number of hydrogen-bond acceptors (Lipinski definition) is 8. The van der Waals surface area contributed by atoms with Crippen LogP contribution in [0.3, 0.4) is 0 Å². The lowest BCUT2D eigenvalue weighted by atomic mass is 10.2. The molecule has 4 rings (SSSR count). The first-order valence-corrected chi connectivity index (χ1v) is 10.8. The predicted molar refractivity (Wildman–Crippen MR) is 124 cm³/mol. The van der Waals surface area contributed by atoms with Crippen molar-refractivity contribution in [1.82, 2.24) is 25.5 Å². The second-order valence-electron chi connectivity index (χ2n) is 7.87. The number of nitrogens with zero attached hydrogens (tertiary/aromatic N) is 4. The monoisotopic (exact) mass is 471 g/mol. The molecule has 1 fully saturated rings. The van der Waals surface area contributed by atoms with Crippen molar-refractivity contribution in [3.8, 4) is 0 Å². The number of para-hydroxylation sites is 1. The van der Waals surface area contributed by atoms with E-state index in [2.05, 4.69) is 36.1 Å². The Morgan fingerprint density at radius 1 is 1.24 bits per heavy atom. The fraction of sp³-hybridized carbons (Fsp3) is 0.333. The first-order valence-electron chi connectivity index (χ1n) is 10.4. The van der Waals surface area contributed by atoms with Crippen LogP contribution in [0.1, 0.15) is 48.8 Å². The minimum Gasteiger partial charge on any atom is -0.348 e. The maximum atomic E-state index is 12.9. The molecule has 172 valence electrons. The van der Waals surface area contributed by atoms with E-state index in [1.54, 1.807) is 38.1 Å². The smallest absolute Gasteiger partial charge is 0.348 e. The third-order valence-electron chi connectivity index (χ3n) is 4.85. The summed E-state index contributed by atoms with van der Waals surface area (Å²) in [6.45, 7) is 3.60. The second-order valence-corrected chi connectivity index (χ2v) is 8.28. The molecule has 1 amide bonds. The molecule has 0 radical (unpaired) electrons. The van der Waals surface area contributed by atoms with E-state index in [1.165, 1.54) is 7.11 Å². The number of nitrogens with one attached hydrogen (secondary N) is 4. The molecule has 1 aliphatic carbocycles. The third kappa shape index (κ3) is 5.20. The van der Waals surface area contributed by atoms with Crippen molar-refractivity contribution in [3.63, 3.8) is 0 Å². The van der Waals surface area contributed by atoms with E-state index in [0.717, 1.165) is 18.5 Å². The van der Waals surface area contributed by atoms with E-state index in [-0.39, 0.29) is 34.1 Å². The van der Waals surface area contributed by atoms with E-state index in [9.17, 15) is 9.70 Å². The molecular weight excluding hydrogens is 448 g/mol. The zero-order valence-electron chi connectivity index (χ0n) is 18.3. The number of amides is 1. The van der Waals surface area contributed by atoms with Crippen molar-refractivity contribution in [1.29, 1.82) is 0 Å². The van der Waals surface area contributed by atoms with Crippen LogP contribution in [0.25, 0.3) is 0 Å². The fourth-order valence-electron chi connectivity index (χ4n) is 3.16. The van der Waals surface area contributed by atoms with Crippen molar-refractivity contribution in [3.05, 3.63) is 51.6 Å². The van der Waals surface area contributed by atoms with Crippen molar-refractivity contribution in [2.45, 2.75) is 38.6 Å². The van der Waals surface area contributed by atoms with E-state index in [0.29, 0.717) is 22.4 Å². The van der Waals surface area contributed by atoms with Gasteiger partial charge in [-0.25, -0.2) is 4.84 Å². The Hall–Kier alpha value is -3.73. The van der Waals surface area contributed by atoms with Gasteiger partial charge in [-0.15, -0.1) is 0 Å². The molecule has 2 aromatic heterocycles. The number of H-pyrrole nitrogens is 1. The van der Waals surface area contributed by atoms with Crippen LogP contribution < -0.4 is 16.0 Å². The zero-order chi connectivity index (χ0) is 23.5. The Morgan fingerprint density at radius 3 is 2.67 bits per heavy atom. The molecular formula is C21H24ClN8O3+. The Bertz CT molecular complexity index is 1190. The maximum Gasteiger partial charge on any atom is 0.390 e. The van der Waals surface area contributed by atoms with Crippen LogP contribution >= 0.6 is 11.6 Å². The number of carbonyl (C=O) groups excluding carboxylic acids is 1. The Balaban J connectivity index is 1.79. The molecule has 3 aromatic rings. The van der Waals surface area contributed by atoms with Crippen LogP contribution in [0.2, 0.25) is 5.02 Å². The topological polar surface area (TPSA) is 137 Å². The summed E-state index contributed by atoms with van der Waals surface area (Å²) in [5, 5.41) is 16.4. The molecule has 0 atom stereocenters. The van der Waals surface area contributed by atoms with Crippen molar-refractivity contribution in [2.75, 3.05) is 17.7 Å². The van der Waals surface area contributed by atoms with Gasteiger partial charge < -0.3 is 16.0 Å². The second kappa shape index (κ2) is 9.41. The van der Waals surface area contributed by atoms with Crippen LogP contribution in [-0.4, -0.2) is 44.1 Å². The highest BCUT2D eigenvalue weighted by molar-refractivity contribution is 6.33. The Labute approximate surface area is 194 Å². The highest BCUT2D eigenvalue weighted by atomic mass is 35.5. The summed E-state index contributed by atoms with van der Waals surface area (Å²) >= 11 is 6.25. The van der Waals surface area contributed by atoms with Gasteiger partial charge >= 0.3 is 5.69 Å². The maximum absolute atomic E-state index is 12.9.